The van der Waals surface area contributed by atoms with Crippen LogP contribution in [0, 0.1) is 13.8 Å². The Bertz CT molecular complexity index is 818. The summed E-state index contributed by atoms with van der Waals surface area (Å²) in [6.07, 6.45) is 4.70. The Morgan fingerprint density at radius 3 is 2.74 bits per heavy atom. The van der Waals surface area contributed by atoms with E-state index in [1.54, 1.807) is 7.05 Å². The SMILES string of the molecule is Cc1sc2ncc(C(=O)N(C)CC3(O)CCCC3)c(=O)n2c1C. The third kappa shape index (κ3) is 2.79. The Labute approximate surface area is 138 Å². The number of carbonyl (C=O) groups excluding carboxylic acids is 1. The quantitative estimate of drug-likeness (QED) is 0.927. The second-order valence-electron chi connectivity index (χ2n) is 6.43. The molecule has 6 nitrogen and oxygen atoms in total. The fourth-order valence-electron chi connectivity index (χ4n) is 3.23. The number of carbonyl (C=O) groups is 1. The molecule has 2 aromatic rings. The first-order valence-electron chi connectivity index (χ1n) is 7.78. The summed E-state index contributed by atoms with van der Waals surface area (Å²) in [4.78, 5) is 32.6. The molecule has 0 unspecified atom stereocenters. The summed E-state index contributed by atoms with van der Waals surface area (Å²) in [6.45, 7) is 4.02. The first-order chi connectivity index (χ1) is 10.8. The zero-order valence-electron chi connectivity index (χ0n) is 13.6. The molecule has 1 aliphatic carbocycles. The number of aryl methyl sites for hydroxylation is 2. The molecule has 1 N–H and O–H groups in total. The number of nitrogens with zero attached hydrogens (tertiary/aromatic N) is 3. The highest BCUT2D eigenvalue weighted by Gasteiger charge is 2.34. The fraction of sp³-hybridized carbons (Fsp3) is 0.562. The minimum atomic E-state index is -0.826. The van der Waals surface area contributed by atoms with E-state index >= 15 is 0 Å². The Hall–Kier alpha value is -1.73. The molecule has 0 saturated heterocycles. The van der Waals surface area contributed by atoms with Crippen molar-refractivity contribution in [2.75, 3.05) is 13.6 Å². The molecule has 23 heavy (non-hydrogen) atoms. The number of hydrogen-bond donors (Lipinski definition) is 1. The molecule has 1 fully saturated rings. The van der Waals surface area contributed by atoms with Crippen molar-refractivity contribution in [3.8, 4) is 0 Å². The van der Waals surface area contributed by atoms with Crippen molar-refractivity contribution in [3.63, 3.8) is 0 Å². The van der Waals surface area contributed by atoms with Gasteiger partial charge in [-0.25, -0.2) is 4.98 Å². The molecule has 0 radical (unpaired) electrons. The zero-order chi connectivity index (χ0) is 16.8. The van der Waals surface area contributed by atoms with Crippen LogP contribution in [0.4, 0.5) is 0 Å². The predicted molar refractivity (Wildman–Crippen MR) is 89.2 cm³/mol. The third-order valence-corrected chi connectivity index (χ3v) is 5.73. The van der Waals surface area contributed by atoms with Gasteiger partial charge in [0.15, 0.2) is 4.96 Å². The number of aromatic nitrogens is 2. The zero-order valence-corrected chi connectivity index (χ0v) is 14.4. The van der Waals surface area contributed by atoms with Crippen molar-refractivity contribution < 1.29 is 9.90 Å². The van der Waals surface area contributed by atoms with E-state index in [0.29, 0.717) is 17.8 Å². The molecule has 2 aromatic heterocycles. The van der Waals surface area contributed by atoms with Crippen molar-refractivity contribution in [2.24, 2.45) is 0 Å². The summed E-state index contributed by atoms with van der Waals surface area (Å²) in [5.41, 5.74) is -0.304. The van der Waals surface area contributed by atoms with Crippen LogP contribution in [0.15, 0.2) is 11.0 Å². The molecule has 0 aliphatic heterocycles. The summed E-state index contributed by atoms with van der Waals surface area (Å²) < 4.78 is 1.49. The van der Waals surface area contributed by atoms with Crippen LogP contribution in [0.1, 0.15) is 46.6 Å². The van der Waals surface area contributed by atoms with E-state index in [1.165, 1.54) is 26.8 Å². The number of thiazole rings is 1. The second kappa shape index (κ2) is 5.72. The van der Waals surface area contributed by atoms with E-state index in [-0.39, 0.29) is 23.6 Å². The minimum Gasteiger partial charge on any atom is -0.388 e. The van der Waals surface area contributed by atoms with Crippen LogP contribution in [0.5, 0.6) is 0 Å². The Morgan fingerprint density at radius 2 is 2.09 bits per heavy atom. The molecular formula is C16H21N3O3S. The second-order valence-corrected chi connectivity index (χ2v) is 7.61. The smallest absolute Gasteiger partial charge is 0.271 e. The predicted octanol–water partition coefficient (Wildman–Crippen LogP) is 1.75. The topological polar surface area (TPSA) is 74.9 Å². The third-order valence-electron chi connectivity index (χ3n) is 4.66. The minimum absolute atomic E-state index is 0.0486. The molecule has 1 saturated carbocycles. The molecule has 1 amide bonds. The van der Waals surface area contributed by atoms with Gasteiger partial charge in [-0.1, -0.05) is 12.8 Å². The van der Waals surface area contributed by atoms with Gasteiger partial charge < -0.3 is 10.0 Å². The lowest BCUT2D eigenvalue weighted by Crippen LogP contribution is -2.43. The first kappa shape index (κ1) is 16.1. The average Bonchev–Trinajstić information content (AvgIpc) is 3.04. The molecule has 7 heteroatoms. The number of fused-ring (bicyclic) bond motifs is 1. The molecule has 0 spiro atoms. The van der Waals surface area contributed by atoms with E-state index < -0.39 is 5.60 Å². The van der Waals surface area contributed by atoms with Gasteiger partial charge in [-0.05, 0) is 26.7 Å². The van der Waals surface area contributed by atoms with Crippen LogP contribution in [0.2, 0.25) is 0 Å². The van der Waals surface area contributed by atoms with Crippen molar-refractivity contribution in [3.05, 3.63) is 32.7 Å². The van der Waals surface area contributed by atoms with Gasteiger partial charge in [-0.15, -0.1) is 11.3 Å². The largest absolute Gasteiger partial charge is 0.388 e. The van der Waals surface area contributed by atoms with Crippen LogP contribution in [0.3, 0.4) is 0 Å². The van der Waals surface area contributed by atoms with Gasteiger partial charge in [0.25, 0.3) is 11.5 Å². The number of likely N-dealkylation sites (N-methyl/N-ethyl adjacent to an activating group) is 1. The van der Waals surface area contributed by atoms with E-state index in [4.69, 9.17) is 0 Å². The summed E-state index contributed by atoms with van der Waals surface area (Å²) in [5, 5.41) is 10.5. The highest BCUT2D eigenvalue weighted by Crippen LogP contribution is 2.30. The van der Waals surface area contributed by atoms with E-state index in [2.05, 4.69) is 4.98 Å². The Balaban J connectivity index is 1.93. The first-order valence-corrected chi connectivity index (χ1v) is 8.60. The Morgan fingerprint density at radius 1 is 1.43 bits per heavy atom. The van der Waals surface area contributed by atoms with E-state index in [9.17, 15) is 14.7 Å². The Kier molecular flexibility index (Phi) is 4.01. The molecule has 1 aliphatic rings. The summed E-state index contributed by atoms with van der Waals surface area (Å²) in [6, 6.07) is 0. The van der Waals surface area contributed by atoms with Crippen molar-refractivity contribution in [1.82, 2.24) is 14.3 Å². The summed E-state index contributed by atoms with van der Waals surface area (Å²) in [7, 11) is 1.62. The monoisotopic (exact) mass is 335 g/mol. The fourth-order valence-corrected chi connectivity index (χ4v) is 4.16. The molecule has 3 rings (SSSR count). The lowest BCUT2D eigenvalue weighted by atomic mass is 10.0. The van der Waals surface area contributed by atoms with E-state index in [0.717, 1.165) is 23.4 Å². The molecule has 0 bridgehead atoms. The standard InChI is InChI=1S/C16H21N3O3S/c1-10-11(2)23-15-17-8-12(14(21)19(10)15)13(20)18(3)9-16(22)6-4-5-7-16/h8,22H,4-7,9H2,1-3H3. The van der Waals surface area contributed by atoms with Gasteiger partial charge in [0.2, 0.25) is 0 Å². The van der Waals surface area contributed by atoms with Crippen LogP contribution in [0.25, 0.3) is 4.96 Å². The van der Waals surface area contributed by atoms with Gasteiger partial charge in [-0.2, -0.15) is 0 Å². The highest BCUT2D eigenvalue weighted by molar-refractivity contribution is 7.17. The van der Waals surface area contributed by atoms with Crippen LogP contribution >= 0.6 is 11.3 Å². The van der Waals surface area contributed by atoms with Gasteiger partial charge in [0, 0.05) is 30.4 Å². The normalized spacial score (nSPS) is 16.9. The maximum absolute atomic E-state index is 12.6. The van der Waals surface area contributed by atoms with Gasteiger partial charge in [-0.3, -0.25) is 14.0 Å². The number of rotatable bonds is 3. The molecule has 0 aromatic carbocycles. The lowest BCUT2D eigenvalue weighted by molar-refractivity contribution is 0.0156. The number of aliphatic hydroxyl groups is 1. The maximum Gasteiger partial charge on any atom is 0.271 e. The van der Waals surface area contributed by atoms with Crippen LogP contribution < -0.4 is 5.56 Å². The van der Waals surface area contributed by atoms with E-state index in [1.807, 2.05) is 13.8 Å². The summed E-state index contributed by atoms with van der Waals surface area (Å²) >= 11 is 1.43. The maximum atomic E-state index is 12.6. The average molecular weight is 335 g/mol. The molecule has 2 heterocycles. The molecular weight excluding hydrogens is 314 g/mol. The summed E-state index contributed by atoms with van der Waals surface area (Å²) in [5.74, 6) is -0.388. The highest BCUT2D eigenvalue weighted by atomic mass is 32.1. The molecule has 0 atom stereocenters. The van der Waals surface area contributed by atoms with Crippen molar-refractivity contribution in [1.29, 1.82) is 0 Å². The van der Waals surface area contributed by atoms with Crippen LogP contribution in [-0.2, 0) is 0 Å². The van der Waals surface area contributed by atoms with Gasteiger partial charge in [0.05, 0.1) is 5.60 Å². The number of amides is 1. The number of hydrogen-bond acceptors (Lipinski definition) is 5. The van der Waals surface area contributed by atoms with Gasteiger partial charge in [0.1, 0.15) is 5.56 Å². The molecule has 124 valence electrons. The van der Waals surface area contributed by atoms with Gasteiger partial charge >= 0.3 is 0 Å². The van der Waals surface area contributed by atoms with Crippen molar-refractivity contribution >= 4 is 22.2 Å². The van der Waals surface area contributed by atoms with Crippen LogP contribution in [-0.4, -0.2) is 44.5 Å². The lowest BCUT2D eigenvalue weighted by Gasteiger charge is -2.28. The van der Waals surface area contributed by atoms with Crippen molar-refractivity contribution in [2.45, 2.75) is 45.1 Å².